The minimum Gasteiger partial charge on any atom is -0.491 e. The molecule has 26 heavy (non-hydrogen) atoms. The molecule has 1 aromatic rings. The molecular formula is C22H34O4. The van der Waals surface area contributed by atoms with E-state index in [1.165, 1.54) is 38.5 Å². The molecule has 1 aromatic carbocycles. The van der Waals surface area contributed by atoms with E-state index in [2.05, 4.69) is 0 Å². The van der Waals surface area contributed by atoms with Gasteiger partial charge in [-0.05, 0) is 49.8 Å². The van der Waals surface area contributed by atoms with Gasteiger partial charge in [-0.3, -0.25) is 4.79 Å². The first kappa shape index (κ1) is 20.8. The van der Waals surface area contributed by atoms with Gasteiger partial charge in [0.25, 0.3) is 0 Å². The third-order valence-electron chi connectivity index (χ3n) is 5.21. The van der Waals surface area contributed by atoms with Gasteiger partial charge in [-0.2, -0.15) is 0 Å². The molecule has 1 aliphatic carbocycles. The second-order valence-corrected chi connectivity index (χ2v) is 7.29. The van der Waals surface area contributed by atoms with Crippen molar-refractivity contribution >= 4 is 5.97 Å². The van der Waals surface area contributed by atoms with Crippen molar-refractivity contribution < 1.29 is 19.4 Å². The highest BCUT2D eigenvalue weighted by atomic mass is 16.5. The fraction of sp³-hybridized carbons (Fsp3) is 0.682. The van der Waals surface area contributed by atoms with Crippen LogP contribution >= 0.6 is 0 Å². The molecule has 0 aliphatic heterocycles. The Balaban J connectivity index is 1.74. The lowest BCUT2D eigenvalue weighted by Crippen LogP contribution is -2.27. The molecule has 0 radical (unpaired) electrons. The topological polar surface area (TPSA) is 55.8 Å². The monoisotopic (exact) mass is 362 g/mol. The molecule has 2 rings (SSSR count). The predicted octanol–water partition coefficient (Wildman–Crippen LogP) is 4.67. The highest BCUT2D eigenvalue weighted by Gasteiger charge is 2.20. The van der Waals surface area contributed by atoms with Gasteiger partial charge in [0.05, 0.1) is 12.7 Å². The maximum atomic E-state index is 11.4. The summed E-state index contributed by atoms with van der Waals surface area (Å²) in [5.41, 5.74) is 1.09. The molecule has 4 nitrogen and oxygen atoms in total. The number of carbonyl (C=O) groups excluding carboxylic acids is 1. The van der Waals surface area contributed by atoms with Crippen molar-refractivity contribution in [2.24, 2.45) is 5.92 Å². The molecule has 0 aromatic heterocycles. The van der Waals surface area contributed by atoms with Crippen LogP contribution in [-0.4, -0.2) is 30.4 Å². The average Bonchev–Trinajstić information content (AvgIpc) is 2.79. The number of rotatable bonds is 8. The number of esters is 1. The Hall–Kier alpha value is -1.55. The fourth-order valence-corrected chi connectivity index (χ4v) is 3.60. The number of benzene rings is 1. The number of hydrogen-bond acceptors (Lipinski definition) is 4. The van der Waals surface area contributed by atoms with Gasteiger partial charge in [0.15, 0.2) is 0 Å². The van der Waals surface area contributed by atoms with Crippen molar-refractivity contribution in [2.75, 3.05) is 13.2 Å². The van der Waals surface area contributed by atoms with Crippen LogP contribution in [0.5, 0.6) is 5.75 Å². The quantitative estimate of drug-likeness (QED) is 0.683. The summed E-state index contributed by atoms with van der Waals surface area (Å²) in [5.74, 6) is 0.968. The van der Waals surface area contributed by atoms with Crippen LogP contribution in [0.3, 0.4) is 0 Å². The molecule has 0 spiro atoms. The fourth-order valence-electron chi connectivity index (χ4n) is 3.60. The lowest BCUT2D eigenvalue weighted by atomic mass is 9.92. The van der Waals surface area contributed by atoms with E-state index in [4.69, 9.17) is 9.47 Å². The summed E-state index contributed by atoms with van der Waals surface area (Å²) >= 11 is 0. The normalized spacial score (nSPS) is 17.6. The molecule has 1 aliphatic rings. The number of aliphatic hydroxyl groups excluding tert-OH is 1. The molecule has 0 heterocycles. The molecule has 1 saturated carbocycles. The van der Waals surface area contributed by atoms with E-state index < -0.39 is 6.10 Å². The summed E-state index contributed by atoms with van der Waals surface area (Å²) in [6.45, 7) is 2.60. The summed E-state index contributed by atoms with van der Waals surface area (Å²) in [5, 5.41) is 10.5. The van der Waals surface area contributed by atoms with E-state index in [0.717, 1.165) is 24.2 Å². The van der Waals surface area contributed by atoms with Crippen LogP contribution in [0.25, 0.3) is 0 Å². The molecule has 0 saturated heterocycles. The predicted molar refractivity (Wildman–Crippen MR) is 103 cm³/mol. The zero-order valence-corrected chi connectivity index (χ0v) is 16.1. The molecule has 146 valence electrons. The zero-order chi connectivity index (χ0) is 18.6. The molecule has 1 atom stereocenters. The first-order valence-electron chi connectivity index (χ1n) is 10.2. The smallest absolute Gasteiger partial charge is 0.306 e. The van der Waals surface area contributed by atoms with E-state index in [0.29, 0.717) is 32.0 Å². The van der Waals surface area contributed by atoms with Gasteiger partial charge in [0, 0.05) is 6.42 Å². The van der Waals surface area contributed by atoms with Gasteiger partial charge in [-0.1, -0.05) is 50.7 Å². The number of aliphatic hydroxyl groups is 1. The summed E-state index contributed by atoms with van der Waals surface area (Å²) in [6.07, 6.45) is 10.6. The highest BCUT2D eigenvalue weighted by molar-refractivity contribution is 5.69. The summed E-state index contributed by atoms with van der Waals surface area (Å²) in [6, 6.07) is 7.77. The molecule has 0 bridgehead atoms. The maximum Gasteiger partial charge on any atom is 0.306 e. The lowest BCUT2D eigenvalue weighted by molar-refractivity contribution is -0.143. The molecule has 1 fully saturated rings. The Morgan fingerprint density at radius 2 is 1.69 bits per heavy atom. The summed E-state index contributed by atoms with van der Waals surface area (Å²) in [4.78, 5) is 11.4. The molecular weight excluding hydrogens is 328 g/mol. The Kier molecular flexibility index (Phi) is 9.54. The van der Waals surface area contributed by atoms with Gasteiger partial charge < -0.3 is 14.6 Å². The maximum absolute atomic E-state index is 11.4. The van der Waals surface area contributed by atoms with Crippen LogP contribution in [0.15, 0.2) is 24.3 Å². The Labute approximate surface area is 157 Å². The SMILES string of the molecule is CCOC(=O)CCc1ccc(OCC(O)C2CCCCCCCC2)cc1. The van der Waals surface area contributed by atoms with Crippen LogP contribution < -0.4 is 4.74 Å². The lowest BCUT2D eigenvalue weighted by Gasteiger charge is -2.22. The minimum absolute atomic E-state index is 0.161. The van der Waals surface area contributed by atoms with E-state index in [1.807, 2.05) is 31.2 Å². The van der Waals surface area contributed by atoms with Crippen molar-refractivity contribution in [3.8, 4) is 5.75 Å². The van der Waals surface area contributed by atoms with Crippen LogP contribution in [0.1, 0.15) is 70.3 Å². The van der Waals surface area contributed by atoms with Crippen LogP contribution in [0, 0.1) is 5.92 Å². The summed E-state index contributed by atoms with van der Waals surface area (Å²) < 4.78 is 10.7. The number of hydrogen-bond donors (Lipinski definition) is 1. The zero-order valence-electron chi connectivity index (χ0n) is 16.1. The van der Waals surface area contributed by atoms with E-state index in [-0.39, 0.29) is 5.97 Å². The van der Waals surface area contributed by atoms with E-state index in [1.54, 1.807) is 0 Å². The average molecular weight is 363 g/mol. The van der Waals surface area contributed by atoms with Crippen molar-refractivity contribution in [3.63, 3.8) is 0 Å². The largest absolute Gasteiger partial charge is 0.491 e. The van der Waals surface area contributed by atoms with Gasteiger partial charge in [-0.15, -0.1) is 0 Å². The second kappa shape index (κ2) is 11.9. The first-order valence-corrected chi connectivity index (χ1v) is 10.2. The van der Waals surface area contributed by atoms with E-state index >= 15 is 0 Å². The number of ether oxygens (including phenoxy) is 2. The Bertz CT molecular complexity index is 501. The minimum atomic E-state index is -0.392. The van der Waals surface area contributed by atoms with Crippen molar-refractivity contribution in [3.05, 3.63) is 29.8 Å². The van der Waals surface area contributed by atoms with Crippen LogP contribution in [0.2, 0.25) is 0 Å². The Morgan fingerprint density at radius 1 is 1.08 bits per heavy atom. The summed E-state index contributed by atoms with van der Waals surface area (Å²) in [7, 11) is 0. The first-order chi connectivity index (χ1) is 12.7. The molecule has 1 N–H and O–H groups in total. The Morgan fingerprint density at radius 3 is 2.31 bits per heavy atom. The van der Waals surface area contributed by atoms with Crippen molar-refractivity contribution in [1.82, 2.24) is 0 Å². The van der Waals surface area contributed by atoms with Crippen molar-refractivity contribution in [2.45, 2.75) is 77.2 Å². The number of carbonyl (C=O) groups is 1. The molecule has 4 heteroatoms. The number of aryl methyl sites for hydroxylation is 1. The standard InChI is InChI=1S/C22H34O4/c1-2-25-22(24)16-13-18-11-14-20(15-12-18)26-17-21(23)19-9-7-5-3-4-6-8-10-19/h11-12,14-15,19,21,23H,2-10,13,16-17H2,1H3. The van der Waals surface area contributed by atoms with Gasteiger partial charge in [0.2, 0.25) is 0 Å². The molecule has 1 unspecified atom stereocenters. The van der Waals surface area contributed by atoms with E-state index in [9.17, 15) is 9.90 Å². The second-order valence-electron chi connectivity index (χ2n) is 7.29. The van der Waals surface area contributed by atoms with Gasteiger partial charge >= 0.3 is 5.97 Å². The van der Waals surface area contributed by atoms with Crippen molar-refractivity contribution in [1.29, 1.82) is 0 Å². The van der Waals surface area contributed by atoms with Gasteiger partial charge in [-0.25, -0.2) is 0 Å². The van der Waals surface area contributed by atoms with Crippen LogP contribution in [0.4, 0.5) is 0 Å². The third kappa shape index (κ3) is 7.77. The highest BCUT2D eigenvalue weighted by Crippen LogP contribution is 2.25. The van der Waals surface area contributed by atoms with Crippen LogP contribution in [-0.2, 0) is 16.0 Å². The molecule has 0 amide bonds. The third-order valence-corrected chi connectivity index (χ3v) is 5.21. The van der Waals surface area contributed by atoms with Gasteiger partial charge in [0.1, 0.15) is 12.4 Å².